The van der Waals surface area contributed by atoms with Gasteiger partial charge >= 0.3 is 6.03 Å². The number of carbonyl (C=O) groups is 2. The van der Waals surface area contributed by atoms with E-state index in [1.807, 2.05) is 5.32 Å². The molecule has 0 spiro atoms. The lowest BCUT2D eigenvalue weighted by atomic mass is 10.6. The summed E-state index contributed by atoms with van der Waals surface area (Å²) in [6.45, 7) is 0. The summed E-state index contributed by atoms with van der Waals surface area (Å²) in [7, 11) is 0.133. The number of sulfone groups is 1. The zero-order valence-electron chi connectivity index (χ0n) is 12.6. The van der Waals surface area contributed by atoms with Gasteiger partial charge in [0.05, 0.1) is 20.3 Å². The quantitative estimate of drug-likeness (QED) is 0.503. The fraction of sp³-hybridized carbons (Fsp3) is 0.364. The number of carbonyl (C=O) groups excluding carboxylic acids is 2. The Bertz CT molecular complexity index is 695. The van der Waals surface area contributed by atoms with Crippen LogP contribution in [0.1, 0.15) is 0 Å². The van der Waals surface area contributed by atoms with Crippen LogP contribution in [0.2, 0.25) is 0 Å². The van der Waals surface area contributed by atoms with Crippen molar-refractivity contribution in [3.8, 4) is 11.8 Å². The van der Waals surface area contributed by atoms with Crippen molar-refractivity contribution in [1.82, 2.24) is 15.3 Å². The van der Waals surface area contributed by atoms with Crippen molar-refractivity contribution in [2.45, 2.75) is 0 Å². The standard InChI is InChI=1S/C11H15N5O6S/c1-12-6-23(19,20)5-7(17)13-11(18)16-10-14-8(21-2)4-9(15-10)22-3/h4,6H,5H2,1-3H3,(H2,13,14,15,16,17,18). The fourth-order valence-electron chi connectivity index (χ4n) is 1.35. The maximum Gasteiger partial charge on any atom is 0.328 e. The first-order valence-electron chi connectivity index (χ1n) is 6.02. The first-order chi connectivity index (χ1) is 10.8. The van der Waals surface area contributed by atoms with Gasteiger partial charge in [-0.1, -0.05) is 0 Å². The number of anilines is 1. The Morgan fingerprint density at radius 2 is 1.83 bits per heavy atom. The molecule has 0 radical (unpaired) electrons. The van der Waals surface area contributed by atoms with E-state index in [-0.39, 0.29) is 17.7 Å². The number of aromatic nitrogens is 2. The van der Waals surface area contributed by atoms with Crippen molar-refractivity contribution in [2.24, 2.45) is 4.99 Å². The van der Waals surface area contributed by atoms with Gasteiger partial charge in [0.25, 0.3) is 0 Å². The Morgan fingerprint density at radius 1 is 1.26 bits per heavy atom. The van der Waals surface area contributed by atoms with E-state index >= 15 is 0 Å². The van der Waals surface area contributed by atoms with E-state index in [9.17, 15) is 18.0 Å². The number of amides is 3. The van der Waals surface area contributed by atoms with Gasteiger partial charge < -0.3 is 9.47 Å². The minimum absolute atomic E-state index is 0.125. The summed E-state index contributed by atoms with van der Waals surface area (Å²) >= 11 is 0. The van der Waals surface area contributed by atoms with Crippen LogP contribution >= 0.6 is 0 Å². The molecular formula is C11H15N5O6S. The molecule has 0 saturated carbocycles. The van der Waals surface area contributed by atoms with Crippen LogP contribution in [-0.4, -0.2) is 62.9 Å². The Morgan fingerprint density at radius 3 is 2.30 bits per heavy atom. The number of imide groups is 1. The molecule has 0 fully saturated rings. The number of ether oxygens (including phenoxy) is 2. The zero-order valence-corrected chi connectivity index (χ0v) is 13.4. The summed E-state index contributed by atoms with van der Waals surface area (Å²) < 4.78 is 32.5. The van der Waals surface area contributed by atoms with Gasteiger partial charge in [-0.15, -0.1) is 0 Å². The molecule has 1 aromatic heterocycles. The highest BCUT2D eigenvalue weighted by atomic mass is 32.2. The van der Waals surface area contributed by atoms with Crippen LogP contribution in [0.3, 0.4) is 0 Å². The molecule has 0 aromatic carbocycles. The van der Waals surface area contributed by atoms with Gasteiger partial charge in [0, 0.05) is 7.05 Å². The van der Waals surface area contributed by atoms with Gasteiger partial charge in [0.1, 0.15) is 11.3 Å². The molecule has 12 heteroatoms. The van der Waals surface area contributed by atoms with Gasteiger partial charge in [0.2, 0.25) is 23.6 Å². The summed E-state index contributed by atoms with van der Waals surface area (Å²) in [5.74, 6) is -1.89. The Labute approximate surface area is 132 Å². The first-order valence-corrected chi connectivity index (χ1v) is 7.74. The van der Waals surface area contributed by atoms with Gasteiger partial charge in [-0.25, -0.2) is 13.2 Å². The molecule has 1 rings (SSSR count). The average Bonchev–Trinajstić information content (AvgIpc) is 2.45. The summed E-state index contributed by atoms with van der Waals surface area (Å²) in [5, 5.41) is 3.98. The monoisotopic (exact) mass is 345 g/mol. The van der Waals surface area contributed by atoms with Gasteiger partial charge in [0.15, 0.2) is 9.84 Å². The molecule has 0 atom stereocenters. The molecule has 3 amide bonds. The fourth-order valence-corrected chi connectivity index (χ4v) is 2.18. The van der Waals surface area contributed by atoms with Gasteiger partial charge in [-0.05, 0) is 0 Å². The van der Waals surface area contributed by atoms with Crippen LogP contribution in [0.4, 0.5) is 10.7 Å². The Hall–Kier alpha value is -2.76. The number of hydrogen-bond donors (Lipinski definition) is 2. The highest BCUT2D eigenvalue weighted by Gasteiger charge is 2.17. The van der Waals surface area contributed by atoms with E-state index in [1.165, 1.54) is 27.3 Å². The maximum absolute atomic E-state index is 11.6. The number of hydrogen-bond acceptors (Lipinski definition) is 9. The van der Waals surface area contributed by atoms with E-state index in [0.29, 0.717) is 5.55 Å². The second-order valence-corrected chi connectivity index (χ2v) is 5.77. The molecule has 0 aliphatic heterocycles. The number of rotatable bonds is 6. The lowest BCUT2D eigenvalue weighted by Gasteiger charge is -2.08. The van der Waals surface area contributed by atoms with E-state index < -0.39 is 27.5 Å². The third kappa shape index (κ3) is 6.25. The van der Waals surface area contributed by atoms with Gasteiger partial charge in [-0.3, -0.25) is 20.4 Å². The second-order valence-electron chi connectivity index (χ2n) is 3.95. The molecule has 126 valence electrons. The number of aliphatic imine (C=N–C) groups is 1. The van der Waals surface area contributed by atoms with Crippen LogP contribution in [-0.2, 0) is 14.6 Å². The predicted octanol–water partition coefficient (Wildman–Crippen LogP) is -0.785. The van der Waals surface area contributed by atoms with Crippen LogP contribution in [0.5, 0.6) is 11.8 Å². The molecule has 0 saturated heterocycles. The molecule has 0 bridgehead atoms. The molecule has 0 aliphatic rings. The summed E-state index contributed by atoms with van der Waals surface area (Å²) in [4.78, 5) is 34.0. The highest BCUT2D eigenvalue weighted by molar-refractivity contribution is 8.05. The number of methoxy groups -OCH3 is 2. The highest BCUT2D eigenvalue weighted by Crippen LogP contribution is 2.16. The Kier molecular flexibility index (Phi) is 6.38. The lowest BCUT2D eigenvalue weighted by molar-refractivity contribution is -0.117. The van der Waals surface area contributed by atoms with Crippen molar-refractivity contribution in [1.29, 1.82) is 0 Å². The molecule has 11 nitrogen and oxygen atoms in total. The lowest BCUT2D eigenvalue weighted by Crippen LogP contribution is -2.38. The van der Waals surface area contributed by atoms with E-state index in [0.717, 1.165) is 0 Å². The molecule has 23 heavy (non-hydrogen) atoms. The van der Waals surface area contributed by atoms with Crippen molar-refractivity contribution < 1.29 is 27.5 Å². The summed E-state index contributed by atoms with van der Waals surface area (Å²) in [6.07, 6.45) is 0. The SMILES string of the molecule is CN=CS(=O)(=O)CC(=O)NC(=O)Nc1nc(OC)cc(OC)n1. The Balaban J connectivity index is 2.72. The smallest absolute Gasteiger partial charge is 0.328 e. The maximum atomic E-state index is 11.6. The molecule has 0 unspecified atom stereocenters. The minimum atomic E-state index is -3.83. The van der Waals surface area contributed by atoms with E-state index in [4.69, 9.17) is 9.47 Å². The van der Waals surface area contributed by atoms with E-state index in [2.05, 4.69) is 20.3 Å². The van der Waals surface area contributed by atoms with Crippen molar-refractivity contribution in [3.05, 3.63) is 6.07 Å². The van der Waals surface area contributed by atoms with E-state index in [1.54, 1.807) is 0 Å². The average molecular weight is 345 g/mol. The van der Waals surface area contributed by atoms with Crippen LogP contribution < -0.4 is 20.1 Å². The molecule has 0 aliphatic carbocycles. The third-order valence-corrected chi connectivity index (χ3v) is 3.37. The molecule has 1 heterocycles. The van der Waals surface area contributed by atoms with Crippen molar-refractivity contribution in [3.63, 3.8) is 0 Å². The van der Waals surface area contributed by atoms with Crippen LogP contribution in [0.25, 0.3) is 0 Å². The molecule has 2 N–H and O–H groups in total. The van der Waals surface area contributed by atoms with Crippen molar-refractivity contribution >= 4 is 33.3 Å². The molecule has 1 aromatic rings. The first kappa shape index (κ1) is 18.3. The second kappa shape index (κ2) is 8.03. The van der Waals surface area contributed by atoms with Gasteiger partial charge in [-0.2, -0.15) is 9.97 Å². The number of nitrogens with zero attached hydrogens (tertiary/aromatic N) is 3. The summed E-state index contributed by atoms with van der Waals surface area (Å²) in [6, 6.07) is 0.374. The predicted molar refractivity (Wildman–Crippen MR) is 80.5 cm³/mol. The third-order valence-electron chi connectivity index (χ3n) is 2.17. The normalized spacial score (nSPS) is 11.1. The van der Waals surface area contributed by atoms with Crippen molar-refractivity contribution in [2.75, 3.05) is 32.3 Å². The minimum Gasteiger partial charge on any atom is -0.481 e. The largest absolute Gasteiger partial charge is 0.481 e. The zero-order chi connectivity index (χ0) is 17.5. The van der Waals surface area contributed by atoms with Crippen LogP contribution in [0, 0.1) is 0 Å². The molecular weight excluding hydrogens is 330 g/mol. The summed E-state index contributed by atoms with van der Waals surface area (Å²) in [5.41, 5.74) is 0.626. The number of nitrogens with one attached hydrogen (secondary N) is 2. The topological polar surface area (TPSA) is 149 Å². The number of urea groups is 1. The van der Waals surface area contributed by atoms with Crippen LogP contribution in [0.15, 0.2) is 11.1 Å².